The van der Waals surface area contributed by atoms with E-state index >= 15 is 0 Å². The lowest BCUT2D eigenvalue weighted by Crippen LogP contribution is -2.54. The van der Waals surface area contributed by atoms with Gasteiger partial charge in [-0.3, -0.25) is 9.69 Å². The second-order valence-electron chi connectivity index (χ2n) is 7.11. The van der Waals surface area contributed by atoms with Crippen LogP contribution in [0.5, 0.6) is 0 Å². The molecule has 1 aromatic carbocycles. The Balaban J connectivity index is 1.85. The standard InChI is InChI=1S/C19H27FN2O/c1-15-6-5-11-22(13-15)19(2,3)14-21-18(23)10-9-16-7-4-8-17(20)12-16/h4,7-10,12,15H,5-6,11,13-14H2,1-3H3,(H,21,23)/b10-9+. The number of hydrogen-bond acceptors (Lipinski definition) is 2. The van der Waals surface area contributed by atoms with Gasteiger partial charge in [-0.15, -0.1) is 0 Å². The van der Waals surface area contributed by atoms with Crippen LogP contribution in [0.1, 0.15) is 39.2 Å². The SMILES string of the molecule is CC1CCCN(C(C)(C)CNC(=O)/C=C/c2cccc(F)c2)C1. The maximum absolute atomic E-state index is 13.1. The quantitative estimate of drug-likeness (QED) is 0.843. The van der Waals surface area contributed by atoms with Crippen LogP contribution >= 0.6 is 0 Å². The number of rotatable bonds is 5. The first-order valence-corrected chi connectivity index (χ1v) is 8.33. The van der Waals surface area contributed by atoms with Crippen LogP contribution in [-0.2, 0) is 4.79 Å². The van der Waals surface area contributed by atoms with Crippen LogP contribution in [0.2, 0.25) is 0 Å². The van der Waals surface area contributed by atoms with Gasteiger partial charge in [-0.05, 0) is 62.9 Å². The van der Waals surface area contributed by atoms with Gasteiger partial charge in [0.05, 0.1) is 0 Å². The van der Waals surface area contributed by atoms with Crippen molar-refractivity contribution in [3.05, 3.63) is 41.7 Å². The molecule has 1 atom stereocenters. The van der Waals surface area contributed by atoms with Crippen molar-refractivity contribution in [1.82, 2.24) is 10.2 Å². The fourth-order valence-corrected chi connectivity index (χ4v) is 3.00. The maximum Gasteiger partial charge on any atom is 0.244 e. The number of carbonyl (C=O) groups is 1. The van der Waals surface area contributed by atoms with Gasteiger partial charge in [0.1, 0.15) is 5.82 Å². The molecule has 0 saturated carbocycles. The average molecular weight is 318 g/mol. The smallest absolute Gasteiger partial charge is 0.244 e. The molecule has 3 nitrogen and oxygen atoms in total. The summed E-state index contributed by atoms with van der Waals surface area (Å²) in [6.45, 7) is 9.39. The largest absolute Gasteiger partial charge is 0.351 e. The fourth-order valence-electron chi connectivity index (χ4n) is 3.00. The molecule has 0 radical (unpaired) electrons. The van der Waals surface area contributed by atoms with Crippen molar-refractivity contribution in [2.24, 2.45) is 5.92 Å². The first kappa shape index (κ1) is 17.7. The molecule has 1 aliphatic heterocycles. The lowest BCUT2D eigenvalue weighted by atomic mass is 9.93. The molecule has 1 aromatic rings. The van der Waals surface area contributed by atoms with Crippen molar-refractivity contribution >= 4 is 12.0 Å². The first-order chi connectivity index (χ1) is 10.9. The molecule has 4 heteroatoms. The van der Waals surface area contributed by atoms with Crippen molar-refractivity contribution in [2.75, 3.05) is 19.6 Å². The van der Waals surface area contributed by atoms with E-state index in [1.54, 1.807) is 18.2 Å². The van der Waals surface area contributed by atoms with Crippen LogP contribution in [0.25, 0.3) is 6.08 Å². The molecule has 1 amide bonds. The van der Waals surface area contributed by atoms with Gasteiger partial charge in [-0.1, -0.05) is 19.1 Å². The lowest BCUT2D eigenvalue weighted by Gasteiger charge is -2.43. The summed E-state index contributed by atoms with van der Waals surface area (Å²) in [6, 6.07) is 6.20. The molecule has 0 aliphatic carbocycles. The molecule has 1 unspecified atom stereocenters. The predicted octanol–water partition coefficient (Wildman–Crippen LogP) is 3.47. The molecule has 0 spiro atoms. The van der Waals surface area contributed by atoms with E-state index in [2.05, 4.69) is 31.0 Å². The number of hydrogen-bond donors (Lipinski definition) is 1. The highest BCUT2D eigenvalue weighted by molar-refractivity contribution is 5.91. The minimum absolute atomic E-state index is 0.0585. The van der Waals surface area contributed by atoms with Gasteiger partial charge in [0, 0.05) is 24.7 Å². The van der Waals surface area contributed by atoms with E-state index in [9.17, 15) is 9.18 Å². The summed E-state index contributed by atoms with van der Waals surface area (Å²) >= 11 is 0. The highest BCUT2D eigenvalue weighted by Gasteiger charge is 2.30. The van der Waals surface area contributed by atoms with E-state index in [0.717, 1.165) is 13.1 Å². The third kappa shape index (κ3) is 5.47. The van der Waals surface area contributed by atoms with Crippen molar-refractivity contribution in [3.8, 4) is 0 Å². The Morgan fingerprint density at radius 2 is 2.26 bits per heavy atom. The average Bonchev–Trinajstić information content (AvgIpc) is 2.51. The van der Waals surface area contributed by atoms with Crippen molar-refractivity contribution in [3.63, 3.8) is 0 Å². The second-order valence-corrected chi connectivity index (χ2v) is 7.11. The highest BCUT2D eigenvalue weighted by Crippen LogP contribution is 2.23. The van der Waals surface area contributed by atoms with E-state index in [-0.39, 0.29) is 17.3 Å². The molecule has 0 aromatic heterocycles. The number of nitrogens with zero attached hydrogens (tertiary/aromatic N) is 1. The normalized spacial score (nSPS) is 19.9. The molecular formula is C19H27FN2O. The molecule has 1 fully saturated rings. The van der Waals surface area contributed by atoms with Gasteiger partial charge in [0.15, 0.2) is 0 Å². The lowest BCUT2D eigenvalue weighted by molar-refractivity contribution is -0.117. The number of carbonyl (C=O) groups excluding carboxylic acids is 1. The zero-order valence-corrected chi connectivity index (χ0v) is 14.3. The van der Waals surface area contributed by atoms with E-state index in [0.29, 0.717) is 18.0 Å². The molecule has 126 valence electrons. The number of likely N-dealkylation sites (tertiary alicyclic amines) is 1. The Morgan fingerprint density at radius 3 is 2.96 bits per heavy atom. The van der Waals surface area contributed by atoms with E-state index in [1.165, 1.54) is 31.1 Å². The monoisotopic (exact) mass is 318 g/mol. The summed E-state index contributed by atoms with van der Waals surface area (Å²) in [5, 5.41) is 2.96. The molecule has 1 saturated heterocycles. The molecule has 23 heavy (non-hydrogen) atoms. The van der Waals surface area contributed by atoms with Gasteiger partial charge in [0.2, 0.25) is 5.91 Å². The maximum atomic E-state index is 13.1. The zero-order valence-electron chi connectivity index (χ0n) is 14.3. The summed E-state index contributed by atoms with van der Waals surface area (Å²) < 4.78 is 13.1. The number of nitrogens with one attached hydrogen (secondary N) is 1. The minimum Gasteiger partial charge on any atom is -0.351 e. The Hall–Kier alpha value is -1.68. The third-order valence-electron chi connectivity index (χ3n) is 4.48. The van der Waals surface area contributed by atoms with E-state index in [1.807, 2.05) is 0 Å². The summed E-state index contributed by atoms with van der Waals surface area (Å²) in [6.07, 6.45) is 5.60. The Morgan fingerprint density at radius 1 is 1.48 bits per heavy atom. The molecule has 1 aliphatic rings. The Labute approximate surface area is 138 Å². The molecular weight excluding hydrogens is 291 g/mol. The highest BCUT2D eigenvalue weighted by atomic mass is 19.1. The van der Waals surface area contributed by atoms with Gasteiger partial charge >= 0.3 is 0 Å². The summed E-state index contributed by atoms with van der Waals surface area (Å²) in [5.74, 6) is 0.270. The van der Waals surface area contributed by atoms with Gasteiger partial charge in [0.25, 0.3) is 0 Å². The predicted molar refractivity (Wildman–Crippen MR) is 92.5 cm³/mol. The molecule has 2 rings (SSSR count). The Kier molecular flexibility index (Phi) is 5.94. The summed E-state index contributed by atoms with van der Waals surface area (Å²) in [5.41, 5.74) is 0.626. The zero-order chi connectivity index (χ0) is 16.9. The van der Waals surface area contributed by atoms with Crippen LogP contribution in [0.4, 0.5) is 4.39 Å². The van der Waals surface area contributed by atoms with Gasteiger partial charge in [-0.25, -0.2) is 4.39 Å². The molecule has 0 bridgehead atoms. The van der Waals surface area contributed by atoms with Crippen LogP contribution < -0.4 is 5.32 Å². The molecule has 1 heterocycles. The summed E-state index contributed by atoms with van der Waals surface area (Å²) in [7, 11) is 0. The van der Waals surface area contributed by atoms with Crippen LogP contribution in [0, 0.1) is 11.7 Å². The van der Waals surface area contributed by atoms with E-state index in [4.69, 9.17) is 0 Å². The Bertz CT molecular complexity index is 568. The van der Waals surface area contributed by atoms with Gasteiger partial charge < -0.3 is 5.32 Å². The number of piperidine rings is 1. The first-order valence-electron chi connectivity index (χ1n) is 8.33. The van der Waals surface area contributed by atoms with Crippen LogP contribution in [0.15, 0.2) is 30.3 Å². The number of amides is 1. The minimum atomic E-state index is -0.298. The second kappa shape index (κ2) is 7.73. The fraction of sp³-hybridized carbons (Fsp3) is 0.526. The molecule has 1 N–H and O–H groups in total. The van der Waals surface area contributed by atoms with Gasteiger partial charge in [-0.2, -0.15) is 0 Å². The number of halogens is 1. The third-order valence-corrected chi connectivity index (χ3v) is 4.48. The van der Waals surface area contributed by atoms with Crippen LogP contribution in [0.3, 0.4) is 0 Å². The number of benzene rings is 1. The topological polar surface area (TPSA) is 32.3 Å². The van der Waals surface area contributed by atoms with Crippen molar-refractivity contribution in [1.29, 1.82) is 0 Å². The van der Waals surface area contributed by atoms with E-state index < -0.39 is 0 Å². The van der Waals surface area contributed by atoms with Crippen LogP contribution in [-0.4, -0.2) is 36.0 Å². The summed E-state index contributed by atoms with van der Waals surface area (Å²) in [4.78, 5) is 14.4. The van der Waals surface area contributed by atoms with Crippen molar-refractivity contribution in [2.45, 2.75) is 39.2 Å². The van der Waals surface area contributed by atoms with Crippen molar-refractivity contribution < 1.29 is 9.18 Å².